The van der Waals surface area contributed by atoms with Crippen LogP contribution in [0.25, 0.3) is 22.9 Å². The molecule has 0 bridgehead atoms. The molecule has 3 N–H and O–H groups in total. The fourth-order valence-corrected chi connectivity index (χ4v) is 4.94. The van der Waals surface area contributed by atoms with E-state index < -0.39 is 10.0 Å². The van der Waals surface area contributed by atoms with Gasteiger partial charge in [0.25, 0.3) is 15.9 Å². The molecule has 0 unspecified atom stereocenters. The molecule has 0 aliphatic carbocycles. The minimum atomic E-state index is -4.29. The standard InChI is InChI=1S/C26H24N8O7S/c1-38-18-7-3-4-8-19(18)41-22-25(32-42(36,37)21-10-6-5-9-20(21)39-2)28-23(29-26(22)40-14-13-35)16-11-12-27-17(15-16)24-30-33-34-31-24/h3-12,15,35H,13-14H2,1-2H3,(H,28,29,32)(H,30,31,33,34). The summed E-state index contributed by atoms with van der Waals surface area (Å²) in [4.78, 5) is 13.1. The molecule has 0 aliphatic heterocycles. The summed E-state index contributed by atoms with van der Waals surface area (Å²) in [6.45, 7) is -0.533. The van der Waals surface area contributed by atoms with Gasteiger partial charge in [0.15, 0.2) is 23.1 Å². The van der Waals surface area contributed by atoms with Crippen LogP contribution >= 0.6 is 0 Å². The Kier molecular flexibility index (Phi) is 8.35. The van der Waals surface area contributed by atoms with Gasteiger partial charge in [0.05, 0.1) is 20.8 Å². The van der Waals surface area contributed by atoms with Gasteiger partial charge >= 0.3 is 0 Å². The van der Waals surface area contributed by atoms with Crippen LogP contribution in [-0.4, -0.2) is 76.5 Å². The Morgan fingerprint density at radius 2 is 1.67 bits per heavy atom. The van der Waals surface area contributed by atoms with Crippen LogP contribution in [-0.2, 0) is 10.0 Å². The molecule has 2 aromatic carbocycles. The van der Waals surface area contributed by atoms with Crippen molar-refractivity contribution in [1.82, 2.24) is 35.6 Å². The normalized spacial score (nSPS) is 11.1. The highest BCUT2D eigenvalue weighted by molar-refractivity contribution is 7.92. The van der Waals surface area contributed by atoms with E-state index in [-0.39, 0.29) is 58.7 Å². The Bertz CT molecular complexity index is 1790. The van der Waals surface area contributed by atoms with Gasteiger partial charge in [-0.25, -0.2) is 13.4 Å². The lowest BCUT2D eigenvalue weighted by Gasteiger charge is -2.18. The summed E-state index contributed by atoms with van der Waals surface area (Å²) >= 11 is 0. The molecule has 0 saturated carbocycles. The number of sulfonamides is 1. The number of pyridine rings is 1. The average Bonchev–Trinajstić information content (AvgIpc) is 3.56. The third-order valence-corrected chi connectivity index (χ3v) is 7.01. The Balaban J connectivity index is 1.69. The third kappa shape index (κ3) is 6.03. The molecule has 0 amide bonds. The second kappa shape index (κ2) is 12.4. The van der Waals surface area contributed by atoms with Gasteiger partial charge in [-0.3, -0.25) is 9.71 Å². The minimum absolute atomic E-state index is 0.0418. The summed E-state index contributed by atoms with van der Waals surface area (Å²) in [6.07, 6.45) is 1.48. The number of nitrogens with one attached hydrogen (secondary N) is 2. The van der Waals surface area contributed by atoms with E-state index in [0.717, 1.165) is 0 Å². The van der Waals surface area contributed by atoms with Crippen LogP contribution in [0.4, 0.5) is 5.82 Å². The van der Waals surface area contributed by atoms with E-state index in [4.69, 9.17) is 18.9 Å². The molecule has 0 radical (unpaired) electrons. The van der Waals surface area contributed by atoms with Crippen LogP contribution in [0, 0.1) is 0 Å². The minimum Gasteiger partial charge on any atom is -0.495 e. The maximum absolute atomic E-state index is 13.6. The van der Waals surface area contributed by atoms with E-state index in [1.807, 2.05) is 0 Å². The molecule has 0 saturated heterocycles. The highest BCUT2D eigenvalue weighted by Gasteiger charge is 2.27. The number of rotatable bonds is 12. The predicted molar refractivity (Wildman–Crippen MR) is 148 cm³/mol. The van der Waals surface area contributed by atoms with Crippen LogP contribution in [0.5, 0.6) is 28.9 Å². The van der Waals surface area contributed by atoms with Crippen LogP contribution in [0.2, 0.25) is 0 Å². The van der Waals surface area contributed by atoms with E-state index in [0.29, 0.717) is 17.0 Å². The van der Waals surface area contributed by atoms with Gasteiger partial charge in [-0.05, 0) is 41.6 Å². The molecule has 3 heterocycles. The number of aliphatic hydroxyl groups excluding tert-OH is 1. The van der Waals surface area contributed by atoms with Gasteiger partial charge < -0.3 is 24.1 Å². The fraction of sp³-hybridized carbons (Fsp3) is 0.154. The molecule has 42 heavy (non-hydrogen) atoms. The number of benzene rings is 2. The first-order valence-corrected chi connectivity index (χ1v) is 13.7. The number of aromatic nitrogens is 7. The number of para-hydroxylation sites is 3. The number of nitrogens with zero attached hydrogens (tertiary/aromatic N) is 6. The highest BCUT2D eigenvalue weighted by atomic mass is 32.2. The quantitative estimate of drug-likeness (QED) is 0.191. The first-order chi connectivity index (χ1) is 20.4. The number of aromatic amines is 1. The summed E-state index contributed by atoms with van der Waals surface area (Å²) in [5.74, 6) is 0.364. The number of hydrogen-bond acceptors (Lipinski definition) is 13. The zero-order chi connectivity index (χ0) is 29.5. The maximum atomic E-state index is 13.6. The number of anilines is 1. The summed E-state index contributed by atoms with van der Waals surface area (Å²) in [7, 11) is -1.47. The first kappa shape index (κ1) is 28.2. The summed E-state index contributed by atoms with van der Waals surface area (Å²) in [5.41, 5.74) is 0.772. The van der Waals surface area contributed by atoms with E-state index >= 15 is 0 Å². The lowest BCUT2D eigenvalue weighted by Crippen LogP contribution is -2.17. The lowest BCUT2D eigenvalue weighted by molar-refractivity contribution is 0.192. The summed E-state index contributed by atoms with van der Waals surface area (Å²) in [6, 6.07) is 16.0. The van der Waals surface area contributed by atoms with Crippen molar-refractivity contribution in [1.29, 1.82) is 0 Å². The maximum Gasteiger partial charge on any atom is 0.266 e. The molecule has 16 heteroatoms. The molecule has 0 fully saturated rings. The van der Waals surface area contributed by atoms with Crippen molar-refractivity contribution < 1.29 is 32.5 Å². The summed E-state index contributed by atoms with van der Waals surface area (Å²) < 4.78 is 52.3. The average molecular weight is 593 g/mol. The Morgan fingerprint density at radius 1 is 0.929 bits per heavy atom. The molecule has 15 nitrogen and oxygen atoms in total. The Labute approximate surface area is 239 Å². The van der Waals surface area contributed by atoms with Gasteiger partial charge in [-0.2, -0.15) is 10.2 Å². The van der Waals surface area contributed by atoms with Crippen molar-refractivity contribution in [3.05, 3.63) is 66.9 Å². The van der Waals surface area contributed by atoms with Crippen molar-refractivity contribution in [3.63, 3.8) is 0 Å². The topological polar surface area (TPSA) is 196 Å². The zero-order valence-electron chi connectivity index (χ0n) is 22.3. The van der Waals surface area contributed by atoms with Crippen molar-refractivity contribution in [2.75, 3.05) is 32.2 Å². The zero-order valence-corrected chi connectivity index (χ0v) is 23.1. The van der Waals surface area contributed by atoms with Gasteiger partial charge in [0.1, 0.15) is 22.9 Å². The Morgan fingerprint density at radius 3 is 2.38 bits per heavy atom. The number of tetrazole rings is 1. The van der Waals surface area contributed by atoms with Crippen LogP contribution < -0.4 is 23.7 Å². The fourth-order valence-electron chi connectivity index (χ4n) is 3.76. The van der Waals surface area contributed by atoms with Crippen LogP contribution in [0.1, 0.15) is 0 Å². The second-order valence-electron chi connectivity index (χ2n) is 8.28. The monoisotopic (exact) mass is 592 g/mol. The molecule has 0 atom stereocenters. The predicted octanol–water partition coefficient (Wildman–Crippen LogP) is 2.70. The van der Waals surface area contributed by atoms with Crippen molar-refractivity contribution in [2.45, 2.75) is 4.90 Å². The van der Waals surface area contributed by atoms with Gasteiger partial charge in [0, 0.05) is 11.8 Å². The number of methoxy groups -OCH3 is 2. The molecule has 0 aliphatic rings. The second-order valence-corrected chi connectivity index (χ2v) is 9.93. The Hall–Kier alpha value is -5.35. The smallest absolute Gasteiger partial charge is 0.266 e. The van der Waals surface area contributed by atoms with E-state index in [1.54, 1.807) is 48.5 Å². The van der Waals surface area contributed by atoms with E-state index in [2.05, 4.69) is 40.3 Å². The lowest BCUT2D eigenvalue weighted by atomic mass is 10.2. The number of ether oxygens (including phenoxy) is 4. The molecule has 5 rings (SSSR count). The number of hydrogen-bond donors (Lipinski definition) is 3. The number of aliphatic hydroxyl groups is 1. The van der Waals surface area contributed by atoms with Crippen LogP contribution in [0.15, 0.2) is 71.8 Å². The van der Waals surface area contributed by atoms with Gasteiger partial charge in [-0.15, -0.1) is 10.2 Å². The SMILES string of the molecule is COc1ccccc1Oc1c(NS(=O)(=O)c2ccccc2OC)nc(-c2ccnc(-c3nn[nH]n3)c2)nc1OCCO. The highest BCUT2D eigenvalue weighted by Crippen LogP contribution is 2.42. The molecular formula is C26H24N8O7S. The molecular weight excluding hydrogens is 568 g/mol. The third-order valence-electron chi connectivity index (χ3n) is 5.63. The van der Waals surface area contributed by atoms with Crippen molar-refractivity contribution in [2.24, 2.45) is 0 Å². The van der Waals surface area contributed by atoms with Crippen LogP contribution in [0.3, 0.4) is 0 Å². The molecule has 0 spiro atoms. The largest absolute Gasteiger partial charge is 0.495 e. The van der Waals surface area contributed by atoms with E-state index in [1.165, 1.54) is 32.5 Å². The van der Waals surface area contributed by atoms with Crippen molar-refractivity contribution >= 4 is 15.8 Å². The van der Waals surface area contributed by atoms with E-state index in [9.17, 15) is 13.5 Å². The van der Waals surface area contributed by atoms with Gasteiger partial charge in [0.2, 0.25) is 11.6 Å². The molecule has 216 valence electrons. The van der Waals surface area contributed by atoms with Crippen molar-refractivity contribution in [3.8, 4) is 51.8 Å². The first-order valence-electron chi connectivity index (χ1n) is 12.3. The summed E-state index contributed by atoms with van der Waals surface area (Å²) in [5, 5.41) is 23.3. The molecule has 3 aromatic heterocycles. The van der Waals surface area contributed by atoms with Gasteiger partial charge in [-0.1, -0.05) is 24.3 Å². The molecule has 5 aromatic rings. The number of H-pyrrole nitrogens is 1.